The van der Waals surface area contributed by atoms with Crippen molar-refractivity contribution < 1.29 is 4.74 Å². The van der Waals surface area contributed by atoms with E-state index in [1.54, 1.807) is 0 Å². The Bertz CT molecular complexity index is 2320. The smallest absolute Gasteiger partial charge is 0.160 e. The molecule has 0 N–H and O–H groups in total. The predicted octanol–water partition coefficient (Wildman–Crippen LogP) is 11.5. The summed E-state index contributed by atoms with van der Waals surface area (Å²) in [4.78, 5) is 10.1. The first kappa shape index (κ1) is 28.4. The second kappa shape index (κ2) is 11.5. The normalized spacial score (nSPS) is 17.9. The van der Waals surface area contributed by atoms with E-state index in [0.29, 0.717) is 5.92 Å². The maximum Gasteiger partial charge on any atom is 0.160 e. The molecule has 7 aromatic rings. The van der Waals surface area contributed by atoms with Crippen LogP contribution in [-0.4, -0.2) is 15.6 Å². The number of hydrogen-bond donors (Lipinski definition) is 0. The standard InChI is InChI=1S/C45H34N2O/c1-45-28-8-7-19-40(45)39-18-10-16-37(43(39)48-45)33-24-20-30(21-25-33)31-22-26-34(27-23-31)41-29-42(47-44(46-41)35-12-3-2-4-13-35)38-17-9-14-32-11-5-6-15-36(32)38/h2-6,8-18,20-29,40H,7,19H2,1H3. The Balaban J connectivity index is 1.05. The van der Waals surface area contributed by atoms with Crippen LogP contribution >= 0.6 is 0 Å². The summed E-state index contributed by atoms with van der Waals surface area (Å²) in [6.45, 7) is 2.22. The second-order valence-electron chi connectivity index (χ2n) is 13.1. The van der Waals surface area contributed by atoms with Crippen LogP contribution in [0.1, 0.15) is 31.2 Å². The number of benzene rings is 6. The lowest BCUT2D eigenvalue weighted by molar-refractivity contribution is 0.133. The lowest BCUT2D eigenvalue weighted by atomic mass is 9.78. The third-order valence-corrected chi connectivity index (χ3v) is 10.0. The van der Waals surface area contributed by atoms with Crippen LogP contribution in [0, 0.1) is 0 Å². The summed E-state index contributed by atoms with van der Waals surface area (Å²) < 4.78 is 6.65. The fourth-order valence-electron chi connectivity index (χ4n) is 7.52. The molecule has 0 spiro atoms. The number of ether oxygens (including phenoxy) is 1. The molecule has 2 aliphatic rings. The molecule has 230 valence electrons. The molecule has 1 aromatic heterocycles. The molecule has 0 radical (unpaired) electrons. The molecule has 2 atom stereocenters. The quantitative estimate of drug-likeness (QED) is 0.180. The molecule has 3 nitrogen and oxygen atoms in total. The molecular formula is C45H34N2O. The highest BCUT2D eigenvalue weighted by molar-refractivity contribution is 5.96. The Morgan fingerprint density at radius 2 is 1.23 bits per heavy atom. The maximum atomic E-state index is 6.65. The zero-order chi connectivity index (χ0) is 32.1. The number of para-hydroxylation sites is 1. The van der Waals surface area contributed by atoms with E-state index in [4.69, 9.17) is 14.7 Å². The topological polar surface area (TPSA) is 35.0 Å². The van der Waals surface area contributed by atoms with Gasteiger partial charge in [-0.25, -0.2) is 9.97 Å². The SMILES string of the molecule is CC12C=CCCC1c1cccc(-c3ccc(-c4ccc(-c5cc(-c6cccc7ccccc67)nc(-c6ccccc6)n5)cc4)cc3)c1O2. The van der Waals surface area contributed by atoms with Gasteiger partial charge in [-0.05, 0) is 59.4 Å². The minimum Gasteiger partial charge on any atom is -0.482 e. The van der Waals surface area contributed by atoms with Crippen LogP contribution in [0.25, 0.3) is 66.9 Å². The maximum absolute atomic E-state index is 6.65. The first-order chi connectivity index (χ1) is 23.6. The van der Waals surface area contributed by atoms with E-state index in [1.165, 1.54) is 33.0 Å². The molecule has 9 rings (SSSR count). The van der Waals surface area contributed by atoms with Gasteiger partial charge in [0.25, 0.3) is 0 Å². The first-order valence-electron chi connectivity index (χ1n) is 16.8. The fourth-order valence-corrected chi connectivity index (χ4v) is 7.52. The largest absolute Gasteiger partial charge is 0.482 e. The third kappa shape index (κ3) is 4.91. The molecule has 2 heterocycles. The van der Waals surface area contributed by atoms with Crippen LogP contribution in [0.2, 0.25) is 0 Å². The van der Waals surface area contributed by atoms with Crippen LogP contribution in [-0.2, 0) is 0 Å². The Kier molecular flexibility index (Phi) is 6.79. The molecule has 0 saturated carbocycles. The van der Waals surface area contributed by atoms with Gasteiger partial charge in [-0.1, -0.05) is 146 Å². The van der Waals surface area contributed by atoms with Crippen molar-refractivity contribution in [1.82, 2.24) is 9.97 Å². The van der Waals surface area contributed by atoms with E-state index in [2.05, 4.69) is 146 Å². The van der Waals surface area contributed by atoms with Gasteiger partial charge in [0.15, 0.2) is 5.82 Å². The summed E-state index contributed by atoms with van der Waals surface area (Å²) in [5, 5.41) is 2.37. The molecule has 0 amide bonds. The minimum absolute atomic E-state index is 0.250. The van der Waals surface area contributed by atoms with Gasteiger partial charge in [-0.3, -0.25) is 0 Å². The molecule has 3 heteroatoms. The molecule has 1 aliphatic carbocycles. The summed E-state index contributed by atoms with van der Waals surface area (Å²) in [5.41, 5.74) is 10.7. The van der Waals surface area contributed by atoms with Gasteiger partial charge in [-0.2, -0.15) is 0 Å². The summed E-state index contributed by atoms with van der Waals surface area (Å²) >= 11 is 0. The Hall–Kier alpha value is -5.80. The van der Waals surface area contributed by atoms with Crippen molar-refractivity contribution >= 4 is 10.8 Å². The van der Waals surface area contributed by atoms with Crippen LogP contribution in [0.5, 0.6) is 5.75 Å². The molecule has 1 aliphatic heterocycles. The molecule has 0 fully saturated rings. The minimum atomic E-state index is -0.250. The van der Waals surface area contributed by atoms with Gasteiger partial charge in [0.2, 0.25) is 0 Å². The van der Waals surface area contributed by atoms with Crippen molar-refractivity contribution in [3.8, 4) is 61.9 Å². The molecule has 6 aromatic carbocycles. The number of aromatic nitrogens is 2. The van der Waals surface area contributed by atoms with Crippen LogP contribution in [0.15, 0.2) is 158 Å². The van der Waals surface area contributed by atoms with Crippen LogP contribution in [0.4, 0.5) is 0 Å². The average molecular weight is 619 g/mol. The van der Waals surface area contributed by atoms with E-state index >= 15 is 0 Å². The highest BCUT2D eigenvalue weighted by atomic mass is 16.5. The van der Waals surface area contributed by atoms with Crippen molar-refractivity contribution in [2.45, 2.75) is 31.3 Å². The summed E-state index contributed by atoms with van der Waals surface area (Å²) in [6.07, 6.45) is 6.76. The van der Waals surface area contributed by atoms with E-state index in [1.807, 2.05) is 18.2 Å². The monoisotopic (exact) mass is 618 g/mol. The van der Waals surface area contributed by atoms with Gasteiger partial charge in [-0.15, -0.1) is 0 Å². The molecule has 0 saturated heterocycles. The van der Waals surface area contributed by atoms with Crippen molar-refractivity contribution in [3.05, 3.63) is 163 Å². The van der Waals surface area contributed by atoms with Crippen molar-refractivity contribution in [2.24, 2.45) is 0 Å². The van der Waals surface area contributed by atoms with E-state index in [-0.39, 0.29) is 5.60 Å². The van der Waals surface area contributed by atoms with Crippen LogP contribution in [0.3, 0.4) is 0 Å². The van der Waals surface area contributed by atoms with Gasteiger partial charge in [0.1, 0.15) is 11.4 Å². The van der Waals surface area contributed by atoms with Crippen LogP contribution < -0.4 is 4.74 Å². The van der Waals surface area contributed by atoms with Crippen molar-refractivity contribution in [2.75, 3.05) is 0 Å². The Morgan fingerprint density at radius 3 is 2.04 bits per heavy atom. The number of nitrogens with zero attached hydrogens (tertiary/aromatic N) is 2. The number of fused-ring (bicyclic) bond motifs is 4. The van der Waals surface area contributed by atoms with E-state index in [0.717, 1.165) is 58.1 Å². The van der Waals surface area contributed by atoms with Gasteiger partial charge in [0, 0.05) is 33.7 Å². The Morgan fingerprint density at radius 1 is 0.583 bits per heavy atom. The average Bonchev–Trinajstić information content (AvgIpc) is 3.47. The van der Waals surface area contributed by atoms with Gasteiger partial charge >= 0.3 is 0 Å². The lowest BCUT2D eigenvalue weighted by Crippen LogP contribution is -2.33. The second-order valence-corrected chi connectivity index (χ2v) is 13.1. The molecule has 48 heavy (non-hydrogen) atoms. The lowest BCUT2D eigenvalue weighted by Gasteiger charge is -2.30. The molecular weight excluding hydrogens is 585 g/mol. The summed E-state index contributed by atoms with van der Waals surface area (Å²) in [7, 11) is 0. The van der Waals surface area contributed by atoms with Crippen molar-refractivity contribution in [3.63, 3.8) is 0 Å². The zero-order valence-corrected chi connectivity index (χ0v) is 26.8. The number of allylic oxidation sites excluding steroid dienone is 1. The zero-order valence-electron chi connectivity index (χ0n) is 26.8. The van der Waals surface area contributed by atoms with E-state index in [9.17, 15) is 0 Å². The molecule has 2 unspecified atom stereocenters. The highest BCUT2D eigenvalue weighted by Crippen LogP contribution is 2.53. The number of hydrogen-bond acceptors (Lipinski definition) is 3. The van der Waals surface area contributed by atoms with Gasteiger partial charge in [0.05, 0.1) is 11.4 Å². The highest BCUT2D eigenvalue weighted by Gasteiger charge is 2.44. The Labute approximate surface area is 281 Å². The summed E-state index contributed by atoms with van der Waals surface area (Å²) in [6, 6.07) is 51.4. The third-order valence-electron chi connectivity index (χ3n) is 10.0. The summed E-state index contributed by atoms with van der Waals surface area (Å²) in [5.74, 6) is 2.17. The van der Waals surface area contributed by atoms with Gasteiger partial charge < -0.3 is 4.74 Å². The number of rotatable bonds is 5. The predicted molar refractivity (Wildman–Crippen MR) is 197 cm³/mol. The van der Waals surface area contributed by atoms with Crippen molar-refractivity contribution in [1.29, 1.82) is 0 Å². The molecule has 0 bridgehead atoms. The first-order valence-corrected chi connectivity index (χ1v) is 16.8. The van der Waals surface area contributed by atoms with E-state index < -0.39 is 0 Å². The fraction of sp³-hybridized carbons (Fsp3) is 0.111.